The van der Waals surface area contributed by atoms with Gasteiger partial charge in [0.15, 0.2) is 5.84 Å². The topological polar surface area (TPSA) is 116 Å². The highest BCUT2D eigenvalue weighted by molar-refractivity contribution is 14.1. The van der Waals surface area contributed by atoms with Crippen molar-refractivity contribution in [2.45, 2.75) is 0 Å². The van der Waals surface area contributed by atoms with Crippen molar-refractivity contribution in [3.8, 4) is 0 Å². The lowest BCUT2D eigenvalue weighted by Crippen LogP contribution is -2.18. The maximum atomic E-state index is 12.1. The molecule has 1 aromatic carbocycles. The second kappa shape index (κ2) is 6.09. The molecule has 0 atom stereocenters. The first-order valence-electron chi connectivity index (χ1n) is 5.30. The molecular weight excluding hydrogens is 397 g/mol. The number of hydrogen-bond acceptors (Lipinski definition) is 4. The number of rotatable bonds is 3. The van der Waals surface area contributed by atoms with E-state index in [2.05, 4.69) is 43.3 Å². The highest BCUT2D eigenvalue weighted by Gasteiger charge is 2.14. The largest absolute Gasteiger partial charge is 0.409 e. The third-order valence-electron chi connectivity index (χ3n) is 2.44. The number of amidine groups is 1. The van der Waals surface area contributed by atoms with Gasteiger partial charge in [-0.05, 0) is 40.8 Å². The second-order valence-electron chi connectivity index (χ2n) is 3.73. The van der Waals surface area contributed by atoms with Crippen LogP contribution in [0.3, 0.4) is 0 Å². The second-order valence-corrected chi connectivity index (χ2v) is 5.30. The van der Waals surface area contributed by atoms with Crippen LogP contribution in [0.5, 0.6) is 0 Å². The van der Waals surface area contributed by atoms with Gasteiger partial charge in [-0.3, -0.25) is 9.89 Å². The Balaban J connectivity index is 2.24. The number of aromatic nitrogens is 2. The van der Waals surface area contributed by atoms with Gasteiger partial charge < -0.3 is 16.3 Å². The van der Waals surface area contributed by atoms with Gasteiger partial charge in [0.1, 0.15) is 5.82 Å². The van der Waals surface area contributed by atoms with E-state index >= 15 is 0 Å². The van der Waals surface area contributed by atoms with E-state index in [1.54, 1.807) is 18.2 Å². The summed E-state index contributed by atoms with van der Waals surface area (Å²) in [4.78, 5) is 12.1. The predicted octanol–water partition coefficient (Wildman–Crippen LogP) is 2.01. The molecule has 0 unspecified atom stereocenters. The molecule has 0 radical (unpaired) electrons. The fourth-order valence-corrected chi connectivity index (χ4v) is 1.97. The molecule has 0 fully saturated rings. The molecule has 1 aromatic heterocycles. The van der Waals surface area contributed by atoms with E-state index in [1.165, 1.54) is 6.20 Å². The summed E-state index contributed by atoms with van der Waals surface area (Å²) in [6.45, 7) is 0. The standard InChI is InChI=1S/C11H9ClIN5O2/c12-7-3-5(1-2-8(7)13)11(19)16-10-6(4-15-17-10)9(14)18-20/h1-4,20H,(H2,14,18)(H2,15,16,17,19). The fourth-order valence-electron chi connectivity index (χ4n) is 1.45. The van der Waals surface area contributed by atoms with Crippen LogP contribution in [0.15, 0.2) is 29.6 Å². The zero-order valence-electron chi connectivity index (χ0n) is 9.89. The van der Waals surface area contributed by atoms with Crippen molar-refractivity contribution in [2.24, 2.45) is 10.9 Å². The molecule has 0 saturated carbocycles. The number of nitrogens with two attached hydrogens (primary N) is 1. The van der Waals surface area contributed by atoms with Gasteiger partial charge in [-0.15, -0.1) is 0 Å². The van der Waals surface area contributed by atoms with Gasteiger partial charge in [-0.25, -0.2) is 0 Å². The molecule has 0 aliphatic heterocycles. The Morgan fingerprint density at radius 3 is 2.95 bits per heavy atom. The first kappa shape index (κ1) is 14.6. The maximum absolute atomic E-state index is 12.1. The van der Waals surface area contributed by atoms with Gasteiger partial charge >= 0.3 is 0 Å². The minimum Gasteiger partial charge on any atom is -0.409 e. The molecule has 104 valence electrons. The summed E-state index contributed by atoms with van der Waals surface area (Å²) < 4.78 is 0.847. The van der Waals surface area contributed by atoms with Crippen molar-refractivity contribution in [3.05, 3.63) is 44.1 Å². The summed E-state index contributed by atoms with van der Waals surface area (Å²) >= 11 is 8.03. The maximum Gasteiger partial charge on any atom is 0.256 e. The van der Waals surface area contributed by atoms with Crippen LogP contribution in [0, 0.1) is 3.57 Å². The molecule has 2 rings (SSSR count). The van der Waals surface area contributed by atoms with Crippen LogP contribution < -0.4 is 11.1 Å². The fraction of sp³-hybridized carbons (Fsp3) is 0. The number of anilines is 1. The number of oxime groups is 1. The van der Waals surface area contributed by atoms with E-state index in [4.69, 9.17) is 22.5 Å². The Kier molecular flexibility index (Phi) is 4.45. The smallest absolute Gasteiger partial charge is 0.256 e. The Hall–Kier alpha value is -1.81. The normalized spacial score (nSPS) is 11.4. The van der Waals surface area contributed by atoms with E-state index in [9.17, 15) is 4.79 Å². The monoisotopic (exact) mass is 405 g/mol. The van der Waals surface area contributed by atoms with Crippen LogP contribution in [0.2, 0.25) is 5.02 Å². The van der Waals surface area contributed by atoms with Gasteiger partial charge in [0.2, 0.25) is 0 Å². The zero-order valence-corrected chi connectivity index (χ0v) is 12.8. The molecule has 0 aliphatic carbocycles. The van der Waals surface area contributed by atoms with Gasteiger partial charge in [0.05, 0.1) is 16.8 Å². The Bertz CT molecular complexity index is 685. The van der Waals surface area contributed by atoms with Crippen LogP contribution in [0.25, 0.3) is 0 Å². The summed E-state index contributed by atoms with van der Waals surface area (Å²) in [6, 6.07) is 4.93. The van der Waals surface area contributed by atoms with Crippen molar-refractivity contribution in [3.63, 3.8) is 0 Å². The van der Waals surface area contributed by atoms with Gasteiger partial charge in [0.25, 0.3) is 5.91 Å². The minimum atomic E-state index is -0.389. The molecule has 1 heterocycles. The third-order valence-corrected chi connectivity index (χ3v) is 4.02. The number of benzene rings is 1. The molecule has 7 nitrogen and oxygen atoms in total. The molecule has 20 heavy (non-hydrogen) atoms. The molecule has 2 aromatic rings. The zero-order chi connectivity index (χ0) is 14.7. The number of amides is 1. The lowest BCUT2D eigenvalue weighted by atomic mass is 10.2. The number of H-pyrrole nitrogens is 1. The van der Waals surface area contributed by atoms with E-state index in [1.807, 2.05) is 0 Å². The van der Waals surface area contributed by atoms with E-state index in [-0.39, 0.29) is 23.1 Å². The number of nitrogens with zero attached hydrogens (tertiary/aromatic N) is 2. The van der Waals surface area contributed by atoms with Crippen molar-refractivity contribution >= 4 is 51.8 Å². The lowest BCUT2D eigenvalue weighted by Gasteiger charge is -2.06. The Morgan fingerprint density at radius 1 is 1.55 bits per heavy atom. The average molecular weight is 406 g/mol. The first-order valence-corrected chi connectivity index (χ1v) is 6.76. The molecule has 9 heteroatoms. The summed E-state index contributed by atoms with van der Waals surface area (Å²) in [5.41, 5.74) is 6.14. The quantitative estimate of drug-likeness (QED) is 0.205. The number of halogens is 2. The van der Waals surface area contributed by atoms with E-state index in [0.717, 1.165) is 3.57 Å². The number of nitrogens with one attached hydrogen (secondary N) is 2. The van der Waals surface area contributed by atoms with E-state index < -0.39 is 0 Å². The third kappa shape index (κ3) is 3.02. The van der Waals surface area contributed by atoms with Crippen LogP contribution in [0.1, 0.15) is 15.9 Å². The van der Waals surface area contributed by atoms with E-state index in [0.29, 0.717) is 10.6 Å². The Labute approximate surface area is 132 Å². The molecule has 1 amide bonds. The lowest BCUT2D eigenvalue weighted by molar-refractivity contribution is 0.102. The van der Waals surface area contributed by atoms with Crippen LogP contribution in [-0.4, -0.2) is 27.1 Å². The minimum absolute atomic E-state index is 0.158. The molecule has 0 aliphatic rings. The number of carbonyl (C=O) groups is 1. The number of hydrogen-bond donors (Lipinski definition) is 4. The van der Waals surface area contributed by atoms with Crippen LogP contribution in [-0.2, 0) is 0 Å². The summed E-state index contributed by atoms with van der Waals surface area (Å²) in [5.74, 6) is -0.311. The molecule has 0 saturated heterocycles. The van der Waals surface area contributed by atoms with Crippen molar-refractivity contribution < 1.29 is 10.0 Å². The van der Waals surface area contributed by atoms with Gasteiger partial charge in [-0.1, -0.05) is 16.8 Å². The van der Waals surface area contributed by atoms with Gasteiger partial charge in [-0.2, -0.15) is 5.10 Å². The van der Waals surface area contributed by atoms with Crippen LogP contribution in [0.4, 0.5) is 5.82 Å². The molecule has 5 N–H and O–H groups in total. The summed E-state index contributed by atoms with van der Waals surface area (Å²) in [5, 5.41) is 20.9. The van der Waals surface area contributed by atoms with Crippen molar-refractivity contribution in [2.75, 3.05) is 5.32 Å². The number of carbonyl (C=O) groups excluding carboxylic acids is 1. The summed E-state index contributed by atoms with van der Waals surface area (Å²) in [6.07, 6.45) is 1.34. The summed E-state index contributed by atoms with van der Waals surface area (Å²) in [7, 11) is 0. The first-order chi connectivity index (χ1) is 9.52. The number of aromatic amines is 1. The van der Waals surface area contributed by atoms with Crippen molar-refractivity contribution in [1.82, 2.24) is 10.2 Å². The predicted molar refractivity (Wildman–Crippen MR) is 83.2 cm³/mol. The van der Waals surface area contributed by atoms with Crippen LogP contribution >= 0.6 is 34.2 Å². The Morgan fingerprint density at radius 2 is 2.30 bits per heavy atom. The van der Waals surface area contributed by atoms with Gasteiger partial charge in [0, 0.05) is 9.13 Å². The molecular formula is C11H9ClIN5O2. The molecule has 0 spiro atoms. The SMILES string of the molecule is N/C(=N/O)c1cn[nH]c1NC(=O)c1ccc(I)c(Cl)c1. The average Bonchev–Trinajstić information content (AvgIpc) is 2.89. The van der Waals surface area contributed by atoms with Crippen molar-refractivity contribution in [1.29, 1.82) is 0 Å². The molecule has 0 bridgehead atoms. The highest BCUT2D eigenvalue weighted by Crippen LogP contribution is 2.20. The highest BCUT2D eigenvalue weighted by atomic mass is 127.